The second-order valence-electron chi connectivity index (χ2n) is 19.9. The summed E-state index contributed by atoms with van der Waals surface area (Å²) in [5.41, 5.74) is 0. The molecule has 0 spiro atoms. The van der Waals surface area contributed by atoms with Gasteiger partial charge in [-0.1, -0.05) is 287 Å². The Balaban J connectivity index is 4.26. The maximum Gasteiger partial charge on any atom is 0.306 e. The Bertz CT molecular complexity index is 1170. The van der Waals surface area contributed by atoms with Gasteiger partial charge in [-0.15, -0.1) is 0 Å². The van der Waals surface area contributed by atoms with Crippen LogP contribution >= 0.6 is 0 Å². The highest BCUT2D eigenvalue weighted by atomic mass is 16.6. The number of carbonyl (C=O) groups is 2. The highest BCUT2D eigenvalue weighted by Crippen LogP contribution is 2.17. The molecule has 0 rings (SSSR count). The smallest absolute Gasteiger partial charge is 0.306 e. The molecule has 0 saturated heterocycles. The van der Waals surface area contributed by atoms with Gasteiger partial charge in [-0.05, 0) is 64.2 Å². The summed E-state index contributed by atoms with van der Waals surface area (Å²) in [7, 11) is 0. The molecule has 0 heterocycles. The molecule has 1 atom stereocenters. The first-order valence-corrected chi connectivity index (χ1v) is 29.8. The molecule has 5 nitrogen and oxygen atoms in total. The Morgan fingerprint density at radius 2 is 0.662 bits per heavy atom. The van der Waals surface area contributed by atoms with Crippen LogP contribution in [0.4, 0.5) is 0 Å². The Morgan fingerprint density at radius 1 is 0.338 bits per heavy atom. The molecule has 68 heavy (non-hydrogen) atoms. The van der Waals surface area contributed by atoms with Crippen LogP contribution in [-0.4, -0.2) is 37.9 Å². The Labute approximate surface area is 424 Å². The van der Waals surface area contributed by atoms with Crippen molar-refractivity contribution in [3.8, 4) is 0 Å². The molecular formula is C63H114O5. The summed E-state index contributed by atoms with van der Waals surface area (Å²) in [4.78, 5) is 25.5. The zero-order valence-electron chi connectivity index (χ0n) is 45.6. The minimum Gasteiger partial charge on any atom is -0.462 e. The van der Waals surface area contributed by atoms with Crippen LogP contribution in [-0.2, 0) is 23.8 Å². The number of rotatable bonds is 55. The fourth-order valence-corrected chi connectivity index (χ4v) is 8.66. The van der Waals surface area contributed by atoms with Crippen molar-refractivity contribution < 1.29 is 23.8 Å². The molecule has 5 heteroatoms. The first-order valence-electron chi connectivity index (χ1n) is 29.8. The minimum absolute atomic E-state index is 0.0719. The molecule has 0 aliphatic rings. The lowest BCUT2D eigenvalue weighted by Gasteiger charge is -2.18. The van der Waals surface area contributed by atoms with Crippen molar-refractivity contribution in [2.24, 2.45) is 0 Å². The van der Waals surface area contributed by atoms with Crippen LogP contribution in [0.2, 0.25) is 0 Å². The van der Waals surface area contributed by atoms with Crippen LogP contribution in [0.25, 0.3) is 0 Å². The van der Waals surface area contributed by atoms with Gasteiger partial charge in [0.05, 0.1) is 6.61 Å². The van der Waals surface area contributed by atoms with Crippen molar-refractivity contribution in [3.05, 3.63) is 60.8 Å². The van der Waals surface area contributed by atoms with Crippen LogP contribution in [0.15, 0.2) is 60.8 Å². The zero-order valence-corrected chi connectivity index (χ0v) is 45.6. The van der Waals surface area contributed by atoms with Crippen molar-refractivity contribution >= 4 is 11.9 Å². The van der Waals surface area contributed by atoms with E-state index < -0.39 is 6.10 Å². The lowest BCUT2D eigenvalue weighted by molar-refractivity contribution is -0.163. The van der Waals surface area contributed by atoms with Crippen LogP contribution in [0.5, 0.6) is 0 Å². The molecule has 0 N–H and O–H groups in total. The van der Waals surface area contributed by atoms with Gasteiger partial charge in [0, 0.05) is 19.4 Å². The van der Waals surface area contributed by atoms with Crippen LogP contribution in [0, 0.1) is 0 Å². The molecule has 0 aromatic rings. The van der Waals surface area contributed by atoms with Crippen molar-refractivity contribution in [3.63, 3.8) is 0 Å². The number of esters is 2. The number of hydrogen-bond donors (Lipinski definition) is 0. The molecule has 396 valence electrons. The first-order chi connectivity index (χ1) is 33.6. The summed E-state index contributed by atoms with van der Waals surface area (Å²) in [5.74, 6) is -0.418. The normalized spacial score (nSPS) is 12.6. The minimum atomic E-state index is -0.547. The average molecular weight is 952 g/mol. The SMILES string of the molecule is CC/C=C\C/C=C\C/C=C\C/C=C\C/C=C\CCCCCC(=O)OCC(COCCCCCCCCCCCCCCCCCCCCCC)OC(=O)CCCCCCCCCCCCCCC. The van der Waals surface area contributed by atoms with E-state index in [4.69, 9.17) is 14.2 Å². The third kappa shape index (κ3) is 56.2. The number of hydrogen-bond acceptors (Lipinski definition) is 5. The van der Waals surface area contributed by atoms with Crippen molar-refractivity contribution in [2.45, 2.75) is 309 Å². The van der Waals surface area contributed by atoms with E-state index in [1.54, 1.807) is 0 Å². The van der Waals surface area contributed by atoms with E-state index in [-0.39, 0.29) is 25.2 Å². The highest BCUT2D eigenvalue weighted by molar-refractivity contribution is 5.70. The molecule has 1 unspecified atom stereocenters. The molecular weight excluding hydrogens is 837 g/mol. The van der Waals surface area contributed by atoms with E-state index in [2.05, 4.69) is 81.5 Å². The topological polar surface area (TPSA) is 61.8 Å². The van der Waals surface area contributed by atoms with Crippen molar-refractivity contribution in [1.82, 2.24) is 0 Å². The summed E-state index contributed by atoms with van der Waals surface area (Å²) >= 11 is 0. The van der Waals surface area contributed by atoms with E-state index in [1.807, 2.05) is 0 Å². The molecule has 0 aromatic carbocycles. The Hall–Kier alpha value is -2.40. The lowest BCUT2D eigenvalue weighted by Crippen LogP contribution is -2.30. The van der Waals surface area contributed by atoms with Gasteiger partial charge in [-0.2, -0.15) is 0 Å². The third-order valence-electron chi connectivity index (χ3n) is 13.1. The maximum atomic E-state index is 12.9. The third-order valence-corrected chi connectivity index (χ3v) is 13.1. The number of ether oxygens (including phenoxy) is 3. The molecule has 0 aliphatic carbocycles. The molecule has 0 bridgehead atoms. The summed E-state index contributed by atoms with van der Waals surface area (Å²) in [6.07, 6.45) is 75.4. The van der Waals surface area contributed by atoms with Crippen molar-refractivity contribution in [2.75, 3.05) is 19.8 Å². The van der Waals surface area contributed by atoms with Gasteiger partial charge in [-0.3, -0.25) is 9.59 Å². The molecule has 0 amide bonds. The highest BCUT2D eigenvalue weighted by Gasteiger charge is 2.17. The van der Waals surface area contributed by atoms with Crippen LogP contribution in [0.3, 0.4) is 0 Å². The van der Waals surface area contributed by atoms with Crippen LogP contribution < -0.4 is 0 Å². The predicted molar refractivity (Wildman–Crippen MR) is 298 cm³/mol. The van der Waals surface area contributed by atoms with E-state index in [0.29, 0.717) is 19.4 Å². The quantitative estimate of drug-likeness (QED) is 0.0345. The standard InChI is InChI=1S/C63H114O5/c1-4-7-10-13-16-19-22-25-27-29-31-33-35-37-40-43-46-49-52-55-58-66-59-61(68-63(65)57-54-51-48-45-42-38-24-21-18-15-12-9-6-3)60-67-62(64)56-53-50-47-44-41-39-36-34-32-30-28-26-23-20-17-14-11-8-5-2/h8,11,17,20,26,28,32,34,39,41,61H,4-7,9-10,12-16,18-19,21-25,27,29-31,33,35-38,40,42-60H2,1-3H3/b11-8-,20-17-,28-26-,34-32-,41-39-. The molecule has 0 aromatic heterocycles. The Kier molecular flexibility index (Phi) is 56.8. The summed E-state index contributed by atoms with van der Waals surface area (Å²) in [6.45, 7) is 7.74. The van der Waals surface area contributed by atoms with Crippen LogP contribution in [0.1, 0.15) is 303 Å². The van der Waals surface area contributed by atoms with Gasteiger partial charge < -0.3 is 14.2 Å². The van der Waals surface area contributed by atoms with E-state index in [0.717, 1.165) is 83.5 Å². The number of carbonyl (C=O) groups excluding carboxylic acids is 2. The van der Waals surface area contributed by atoms with Gasteiger partial charge in [-0.25, -0.2) is 0 Å². The van der Waals surface area contributed by atoms with Gasteiger partial charge in [0.25, 0.3) is 0 Å². The number of allylic oxidation sites excluding steroid dienone is 10. The predicted octanol–water partition coefficient (Wildman–Crippen LogP) is 20.5. The van der Waals surface area contributed by atoms with Gasteiger partial charge >= 0.3 is 11.9 Å². The van der Waals surface area contributed by atoms with E-state index in [9.17, 15) is 9.59 Å². The van der Waals surface area contributed by atoms with E-state index in [1.165, 1.54) is 186 Å². The second-order valence-corrected chi connectivity index (χ2v) is 19.9. The van der Waals surface area contributed by atoms with Gasteiger partial charge in [0.1, 0.15) is 6.61 Å². The largest absolute Gasteiger partial charge is 0.462 e. The lowest BCUT2D eigenvalue weighted by atomic mass is 10.0. The Morgan fingerprint density at radius 3 is 1.06 bits per heavy atom. The molecule has 0 fully saturated rings. The summed E-state index contributed by atoms with van der Waals surface area (Å²) < 4.78 is 17.5. The van der Waals surface area contributed by atoms with Gasteiger partial charge in [0.2, 0.25) is 0 Å². The second kappa shape index (κ2) is 58.9. The zero-order chi connectivity index (χ0) is 49.2. The summed E-state index contributed by atoms with van der Waals surface area (Å²) in [5, 5.41) is 0. The van der Waals surface area contributed by atoms with Gasteiger partial charge in [0.15, 0.2) is 6.10 Å². The molecule has 0 saturated carbocycles. The monoisotopic (exact) mass is 951 g/mol. The van der Waals surface area contributed by atoms with E-state index >= 15 is 0 Å². The summed E-state index contributed by atoms with van der Waals surface area (Å²) in [6, 6.07) is 0. The fourth-order valence-electron chi connectivity index (χ4n) is 8.66. The van der Waals surface area contributed by atoms with Crippen molar-refractivity contribution in [1.29, 1.82) is 0 Å². The molecule has 0 radical (unpaired) electrons. The fraction of sp³-hybridized carbons (Fsp3) is 0.810. The maximum absolute atomic E-state index is 12.9. The number of unbranched alkanes of at least 4 members (excludes halogenated alkanes) is 34. The first kappa shape index (κ1) is 65.6. The average Bonchev–Trinajstić information content (AvgIpc) is 3.34. The molecule has 0 aliphatic heterocycles.